The van der Waals surface area contributed by atoms with Gasteiger partial charge in [-0.2, -0.15) is 0 Å². The van der Waals surface area contributed by atoms with Crippen LogP contribution in [0.2, 0.25) is 0 Å². The van der Waals surface area contributed by atoms with Crippen molar-refractivity contribution < 1.29 is 18.3 Å². The lowest BCUT2D eigenvalue weighted by Gasteiger charge is -2.12. The van der Waals surface area contributed by atoms with Crippen LogP contribution >= 0.6 is 0 Å². The number of hydrogen-bond donors (Lipinski definition) is 2. The monoisotopic (exact) mass is 333 g/mol. The Morgan fingerprint density at radius 1 is 1.29 bits per heavy atom. The van der Waals surface area contributed by atoms with Gasteiger partial charge in [-0.1, -0.05) is 0 Å². The summed E-state index contributed by atoms with van der Waals surface area (Å²) >= 11 is 0. The molecular weight excluding hydrogens is 316 g/mol. The molecule has 1 aromatic carbocycles. The van der Waals surface area contributed by atoms with Crippen LogP contribution in [0.15, 0.2) is 36.7 Å². The Kier molecular flexibility index (Phi) is 5.00. The molecule has 1 aromatic heterocycles. The molecule has 24 heavy (non-hydrogen) atoms. The number of benzene rings is 1. The lowest BCUT2D eigenvalue weighted by Crippen LogP contribution is -2.19. The molecule has 0 bridgehead atoms. The van der Waals surface area contributed by atoms with Crippen molar-refractivity contribution in [2.75, 3.05) is 23.8 Å². The summed E-state index contributed by atoms with van der Waals surface area (Å²) in [5, 5.41) is 5.58. The quantitative estimate of drug-likeness (QED) is 0.882. The molecule has 126 valence electrons. The van der Waals surface area contributed by atoms with Gasteiger partial charge in [-0.15, -0.1) is 0 Å². The summed E-state index contributed by atoms with van der Waals surface area (Å²) in [4.78, 5) is 16.2. The molecule has 1 saturated heterocycles. The van der Waals surface area contributed by atoms with Gasteiger partial charge in [0.25, 0.3) is 5.91 Å². The van der Waals surface area contributed by atoms with Crippen LogP contribution in [0, 0.1) is 11.6 Å². The molecule has 2 aromatic rings. The standard InChI is InChI=1S/C17H17F2N3O2/c18-12-3-4-16(15(19)7-12)22-17(23)11-6-13(9-20-8-11)21-10-14-2-1-5-24-14/h3-4,6-9,14,21H,1-2,5,10H2,(H,22,23). The normalized spacial score (nSPS) is 16.8. The molecule has 2 N–H and O–H groups in total. The van der Waals surface area contributed by atoms with Gasteiger partial charge in [-0.3, -0.25) is 9.78 Å². The predicted molar refractivity (Wildman–Crippen MR) is 86.0 cm³/mol. The number of nitrogens with one attached hydrogen (secondary N) is 2. The highest BCUT2D eigenvalue weighted by Gasteiger charge is 2.15. The van der Waals surface area contributed by atoms with Crippen LogP contribution in [-0.2, 0) is 4.74 Å². The van der Waals surface area contributed by atoms with E-state index in [4.69, 9.17) is 4.74 Å². The van der Waals surface area contributed by atoms with Crippen molar-refractivity contribution in [3.63, 3.8) is 0 Å². The second kappa shape index (κ2) is 7.35. The first kappa shape index (κ1) is 16.3. The maximum Gasteiger partial charge on any atom is 0.257 e. The van der Waals surface area contributed by atoms with Crippen LogP contribution in [0.5, 0.6) is 0 Å². The van der Waals surface area contributed by atoms with Crippen LogP contribution in [0.4, 0.5) is 20.2 Å². The van der Waals surface area contributed by atoms with Crippen molar-refractivity contribution in [1.82, 2.24) is 4.98 Å². The molecule has 1 amide bonds. The van der Waals surface area contributed by atoms with Gasteiger partial charge in [-0.25, -0.2) is 8.78 Å². The molecule has 0 aliphatic carbocycles. The Balaban J connectivity index is 1.65. The number of anilines is 2. The number of carbonyl (C=O) groups excluding carboxylic acids is 1. The van der Waals surface area contributed by atoms with Crippen LogP contribution in [-0.4, -0.2) is 30.1 Å². The maximum absolute atomic E-state index is 13.6. The number of amides is 1. The summed E-state index contributed by atoms with van der Waals surface area (Å²) in [6.07, 6.45) is 5.20. The minimum Gasteiger partial charge on any atom is -0.381 e. The zero-order valence-corrected chi connectivity index (χ0v) is 12.9. The smallest absolute Gasteiger partial charge is 0.257 e. The van der Waals surface area contributed by atoms with E-state index >= 15 is 0 Å². The largest absolute Gasteiger partial charge is 0.381 e. The third-order valence-corrected chi connectivity index (χ3v) is 3.74. The Labute approximate surface area is 138 Å². The highest BCUT2D eigenvalue weighted by Crippen LogP contribution is 2.18. The first-order valence-corrected chi connectivity index (χ1v) is 7.69. The van der Waals surface area contributed by atoms with Gasteiger partial charge in [0, 0.05) is 31.6 Å². The number of ether oxygens (including phenoxy) is 1. The molecule has 0 radical (unpaired) electrons. The van der Waals surface area contributed by atoms with Gasteiger partial charge < -0.3 is 15.4 Å². The SMILES string of the molecule is O=C(Nc1ccc(F)cc1F)c1cncc(NCC2CCCO2)c1. The van der Waals surface area contributed by atoms with Crippen LogP contribution in [0.3, 0.4) is 0 Å². The van der Waals surface area contributed by atoms with E-state index in [-0.39, 0.29) is 17.4 Å². The van der Waals surface area contributed by atoms with E-state index in [9.17, 15) is 13.6 Å². The van der Waals surface area contributed by atoms with Crippen LogP contribution in [0.25, 0.3) is 0 Å². The number of halogens is 2. The zero-order chi connectivity index (χ0) is 16.9. The molecule has 1 aliphatic heterocycles. The molecule has 1 atom stereocenters. The lowest BCUT2D eigenvalue weighted by molar-refractivity contribution is 0.102. The van der Waals surface area contributed by atoms with Gasteiger partial charge in [0.15, 0.2) is 0 Å². The number of hydrogen-bond acceptors (Lipinski definition) is 4. The van der Waals surface area contributed by atoms with Crippen molar-refractivity contribution in [3.05, 3.63) is 53.9 Å². The molecule has 1 unspecified atom stereocenters. The average molecular weight is 333 g/mol. The van der Waals surface area contributed by atoms with Gasteiger partial charge in [0.2, 0.25) is 0 Å². The molecular formula is C17H17F2N3O2. The van der Waals surface area contributed by atoms with Crippen molar-refractivity contribution in [2.45, 2.75) is 18.9 Å². The van der Waals surface area contributed by atoms with E-state index in [2.05, 4.69) is 15.6 Å². The van der Waals surface area contributed by atoms with E-state index in [1.807, 2.05) is 0 Å². The topological polar surface area (TPSA) is 63.2 Å². The van der Waals surface area contributed by atoms with E-state index in [0.29, 0.717) is 18.3 Å². The van der Waals surface area contributed by atoms with Crippen molar-refractivity contribution in [2.24, 2.45) is 0 Å². The highest BCUT2D eigenvalue weighted by atomic mass is 19.1. The van der Waals surface area contributed by atoms with E-state index < -0.39 is 17.5 Å². The van der Waals surface area contributed by atoms with Gasteiger partial charge in [-0.05, 0) is 31.0 Å². The Hall–Kier alpha value is -2.54. The minimum absolute atomic E-state index is 0.0842. The van der Waals surface area contributed by atoms with Gasteiger partial charge >= 0.3 is 0 Å². The fourth-order valence-corrected chi connectivity index (χ4v) is 2.48. The van der Waals surface area contributed by atoms with Gasteiger partial charge in [0.1, 0.15) is 11.6 Å². The van der Waals surface area contributed by atoms with Crippen molar-refractivity contribution in [1.29, 1.82) is 0 Å². The number of nitrogens with zero attached hydrogens (tertiary/aromatic N) is 1. The molecule has 3 rings (SSSR count). The van der Waals surface area contributed by atoms with E-state index in [1.165, 1.54) is 12.3 Å². The third-order valence-electron chi connectivity index (χ3n) is 3.74. The third kappa shape index (κ3) is 4.05. The molecule has 1 aliphatic rings. The summed E-state index contributed by atoms with van der Waals surface area (Å²) < 4.78 is 32.0. The summed E-state index contributed by atoms with van der Waals surface area (Å²) in [5.41, 5.74) is 0.868. The average Bonchev–Trinajstić information content (AvgIpc) is 3.09. The number of aromatic nitrogens is 1. The number of pyridine rings is 1. The summed E-state index contributed by atoms with van der Waals surface area (Å²) in [6.45, 7) is 1.41. The number of carbonyl (C=O) groups is 1. The fraction of sp³-hybridized carbons (Fsp3) is 0.294. The fourth-order valence-electron chi connectivity index (χ4n) is 2.48. The Morgan fingerprint density at radius 3 is 2.92 bits per heavy atom. The molecule has 0 spiro atoms. The second-order valence-corrected chi connectivity index (χ2v) is 5.56. The van der Waals surface area contributed by atoms with Crippen LogP contribution < -0.4 is 10.6 Å². The molecule has 0 saturated carbocycles. The minimum atomic E-state index is -0.830. The predicted octanol–water partition coefficient (Wildman–Crippen LogP) is 3.20. The van der Waals surface area contributed by atoms with Crippen molar-refractivity contribution in [3.8, 4) is 0 Å². The first-order valence-electron chi connectivity index (χ1n) is 7.69. The van der Waals surface area contributed by atoms with Gasteiger partial charge in [0.05, 0.1) is 23.0 Å². The second-order valence-electron chi connectivity index (χ2n) is 5.56. The Morgan fingerprint density at radius 2 is 2.17 bits per heavy atom. The lowest BCUT2D eigenvalue weighted by atomic mass is 10.2. The molecule has 2 heterocycles. The van der Waals surface area contributed by atoms with Crippen molar-refractivity contribution >= 4 is 17.3 Å². The summed E-state index contributed by atoms with van der Waals surface area (Å²) in [7, 11) is 0. The van der Waals surface area contributed by atoms with E-state index in [0.717, 1.165) is 25.5 Å². The maximum atomic E-state index is 13.6. The Bertz CT molecular complexity index is 734. The van der Waals surface area contributed by atoms with E-state index in [1.54, 1.807) is 12.3 Å². The first-order chi connectivity index (χ1) is 11.6. The zero-order valence-electron chi connectivity index (χ0n) is 12.9. The summed E-state index contributed by atoms with van der Waals surface area (Å²) in [6, 6.07) is 4.60. The molecule has 7 heteroatoms. The van der Waals surface area contributed by atoms with Crippen LogP contribution in [0.1, 0.15) is 23.2 Å². The molecule has 5 nitrogen and oxygen atoms in total. The molecule has 1 fully saturated rings. The highest BCUT2D eigenvalue weighted by molar-refractivity contribution is 6.04. The number of rotatable bonds is 5. The summed E-state index contributed by atoms with van der Waals surface area (Å²) in [5.74, 6) is -2.05.